The van der Waals surface area contributed by atoms with Gasteiger partial charge in [0.05, 0.1) is 18.4 Å². The van der Waals surface area contributed by atoms with Crippen molar-refractivity contribution >= 4 is 5.97 Å². The lowest BCUT2D eigenvalue weighted by molar-refractivity contribution is 0.0687. The van der Waals surface area contributed by atoms with E-state index in [1.165, 1.54) is 0 Å². The Balaban J connectivity index is 2.31. The Morgan fingerprint density at radius 3 is 2.28 bits per heavy atom. The third-order valence-corrected chi connectivity index (χ3v) is 3.92. The van der Waals surface area contributed by atoms with E-state index in [0.717, 1.165) is 4.68 Å². The number of hydrogen-bond donors (Lipinski definition) is 1. The van der Waals surface area contributed by atoms with Crippen molar-refractivity contribution in [3.05, 3.63) is 76.2 Å². The monoisotopic (exact) mass is 336 g/mol. The SMILES string of the molecule is COc1ccc(-c2c(C)c(C(=O)O)nn(-c3ccccc3)c2=O)cc1. The van der Waals surface area contributed by atoms with E-state index in [4.69, 9.17) is 4.74 Å². The molecule has 6 nitrogen and oxygen atoms in total. The van der Waals surface area contributed by atoms with Crippen molar-refractivity contribution in [3.63, 3.8) is 0 Å². The molecule has 3 rings (SSSR count). The van der Waals surface area contributed by atoms with Crippen LogP contribution in [0.3, 0.4) is 0 Å². The van der Waals surface area contributed by atoms with E-state index in [0.29, 0.717) is 28.1 Å². The number of ether oxygens (including phenoxy) is 1. The van der Waals surface area contributed by atoms with Gasteiger partial charge in [-0.25, -0.2) is 4.79 Å². The summed E-state index contributed by atoms with van der Waals surface area (Å²) >= 11 is 0. The first kappa shape index (κ1) is 16.4. The molecule has 0 aliphatic carbocycles. The average Bonchev–Trinajstić information content (AvgIpc) is 2.63. The predicted molar refractivity (Wildman–Crippen MR) is 93.5 cm³/mol. The Morgan fingerprint density at radius 2 is 1.72 bits per heavy atom. The highest BCUT2D eigenvalue weighted by molar-refractivity contribution is 5.89. The van der Waals surface area contributed by atoms with E-state index in [1.54, 1.807) is 62.6 Å². The summed E-state index contributed by atoms with van der Waals surface area (Å²) in [6.07, 6.45) is 0. The number of benzene rings is 2. The molecule has 0 aliphatic rings. The highest BCUT2D eigenvalue weighted by Gasteiger charge is 2.20. The second-order valence-electron chi connectivity index (χ2n) is 5.43. The minimum Gasteiger partial charge on any atom is -0.497 e. The van der Waals surface area contributed by atoms with Gasteiger partial charge in [0.25, 0.3) is 5.56 Å². The molecule has 0 spiro atoms. The first-order chi connectivity index (χ1) is 12.0. The standard InChI is InChI=1S/C19H16N2O4/c1-12-16(13-8-10-15(25-2)11-9-13)18(22)21(20-17(12)19(23)24)14-6-4-3-5-7-14/h3-11H,1-2H3,(H,23,24). The van der Waals surface area contributed by atoms with Gasteiger partial charge < -0.3 is 9.84 Å². The summed E-state index contributed by atoms with van der Waals surface area (Å²) in [6.45, 7) is 1.59. The van der Waals surface area contributed by atoms with Crippen LogP contribution in [0.1, 0.15) is 16.1 Å². The van der Waals surface area contributed by atoms with Crippen molar-refractivity contribution in [2.75, 3.05) is 7.11 Å². The van der Waals surface area contributed by atoms with Crippen LogP contribution in [0.4, 0.5) is 0 Å². The second-order valence-corrected chi connectivity index (χ2v) is 5.43. The summed E-state index contributed by atoms with van der Waals surface area (Å²) in [6, 6.07) is 15.6. The number of rotatable bonds is 4. The van der Waals surface area contributed by atoms with Crippen LogP contribution < -0.4 is 10.3 Å². The number of carbonyl (C=O) groups is 1. The number of aromatic carboxylic acids is 1. The predicted octanol–water partition coefficient (Wildman–Crippen LogP) is 2.91. The van der Waals surface area contributed by atoms with Gasteiger partial charge in [-0.1, -0.05) is 30.3 Å². The molecule has 0 atom stereocenters. The molecule has 25 heavy (non-hydrogen) atoms. The molecule has 0 amide bonds. The first-order valence-corrected chi connectivity index (χ1v) is 7.60. The van der Waals surface area contributed by atoms with E-state index in [9.17, 15) is 14.7 Å². The molecule has 126 valence electrons. The minimum absolute atomic E-state index is 0.158. The quantitative estimate of drug-likeness (QED) is 0.792. The zero-order valence-corrected chi connectivity index (χ0v) is 13.8. The zero-order chi connectivity index (χ0) is 18.0. The normalized spacial score (nSPS) is 10.5. The van der Waals surface area contributed by atoms with Crippen molar-refractivity contribution in [1.82, 2.24) is 9.78 Å². The second kappa shape index (κ2) is 6.60. The fraction of sp³-hybridized carbons (Fsp3) is 0.105. The molecule has 0 radical (unpaired) electrons. The number of carboxylic acid groups (broad SMARTS) is 1. The Kier molecular flexibility index (Phi) is 4.35. The molecular weight excluding hydrogens is 320 g/mol. The summed E-state index contributed by atoms with van der Waals surface area (Å²) in [5.74, 6) is -0.533. The average molecular weight is 336 g/mol. The van der Waals surface area contributed by atoms with Gasteiger partial charge in [-0.15, -0.1) is 0 Å². The first-order valence-electron chi connectivity index (χ1n) is 7.60. The van der Waals surface area contributed by atoms with Gasteiger partial charge >= 0.3 is 5.97 Å². The van der Waals surface area contributed by atoms with Gasteiger partial charge in [0.15, 0.2) is 5.69 Å². The number of aromatic nitrogens is 2. The Bertz CT molecular complexity index is 977. The summed E-state index contributed by atoms with van der Waals surface area (Å²) in [5.41, 5.74) is 1.21. The lowest BCUT2D eigenvalue weighted by atomic mass is 10.0. The maximum atomic E-state index is 13.0. The van der Waals surface area contributed by atoms with Crippen LogP contribution in [0.25, 0.3) is 16.8 Å². The highest BCUT2D eigenvalue weighted by Crippen LogP contribution is 2.24. The molecule has 2 aromatic carbocycles. The Labute approximate surface area is 143 Å². The van der Waals surface area contributed by atoms with Crippen LogP contribution in [0.15, 0.2) is 59.4 Å². The summed E-state index contributed by atoms with van der Waals surface area (Å²) in [7, 11) is 1.55. The maximum absolute atomic E-state index is 13.0. The minimum atomic E-state index is -1.18. The number of methoxy groups -OCH3 is 1. The summed E-state index contributed by atoms with van der Waals surface area (Å²) < 4.78 is 6.25. The molecule has 0 unspecified atom stereocenters. The fourth-order valence-corrected chi connectivity index (χ4v) is 2.65. The van der Waals surface area contributed by atoms with E-state index in [-0.39, 0.29) is 11.3 Å². The molecule has 6 heteroatoms. The molecule has 0 fully saturated rings. The summed E-state index contributed by atoms with van der Waals surface area (Å²) in [4.78, 5) is 24.6. The fourth-order valence-electron chi connectivity index (χ4n) is 2.65. The van der Waals surface area contributed by atoms with Gasteiger partial charge in [0.1, 0.15) is 5.75 Å². The van der Waals surface area contributed by atoms with E-state index < -0.39 is 5.97 Å². The van der Waals surface area contributed by atoms with E-state index >= 15 is 0 Å². The number of hydrogen-bond acceptors (Lipinski definition) is 4. The van der Waals surface area contributed by atoms with Gasteiger partial charge in [0.2, 0.25) is 0 Å². The van der Waals surface area contributed by atoms with Crippen molar-refractivity contribution in [3.8, 4) is 22.6 Å². The third-order valence-electron chi connectivity index (χ3n) is 3.92. The molecular formula is C19H16N2O4. The van der Waals surface area contributed by atoms with Crippen molar-refractivity contribution < 1.29 is 14.6 Å². The van der Waals surface area contributed by atoms with Crippen LogP contribution in [0.5, 0.6) is 5.75 Å². The number of para-hydroxylation sites is 1. The van der Waals surface area contributed by atoms with Crippen LogP contribution in [-0.2, 0) is 0 Å². The van der Waals surface area contributed by atoms with Crippen LogP contribution >= 0.6 is 0 Å². The Morgan fingerprint density at radius 1 is 1.08 bits per heavy atom. The topological polar surface area (TPSA) is 81.4 Å². The number of carboxylic acids is 1. The maximum Gasteiger partial charge on any atom is 0.356 e. The van der Waals surface area contributed by atoms with Crippen molar-refractivity contribution in [2.24, 2.45) is 0 Å². The molecule has 0 saturated heterocycles. The Hall–Kier alpha value is -3.41. The smallest absolute Gasteiger partial charge is 0.356 e. The molecule has 0 bridgehead atoms. The zero-order valence-electron chi connectivity index (χ0n) is 13.8. The van der Waals surface area contributed by atoms with Gasteiger partial charge in [-0.2, -0.15) is 9.78 Å². The highest BCUT2D eigenvalue weighted by atomic mass is 16.5. The molecule has 3 aromatic rings. The van der Waals surface area contributed by atoms with Crippen molar-refractivity contribution in [2.45, 2.75) is 6.92 Å². The van der Waals surface area contributed by atoms with Gasteiger partial charge in [-0.3, -0.25) is 4.79 Å². The number of nitrogens with zero attached hydrogens (tertiary/aromatic N) is 2. The van der Waals surface area contributed by atoms with Crippen molar-refractivity contribution in [1.29, 1.82) is 0 Å². The molecule has 0 saturated carbocycles. The third kappa shape index (κ3) is 3.01. The molecule has 1 heterocycles. The van der Waals surface area contributed by atoms with Gasteiger partial charge in [-0.05, 0) is 42.3 Å². The van der Waals surface area contributed by atoms with Gasteiger partial charge in [0, 0.05) is 0 Å². The largest absolute Gasteiger partial charge is 0.497 e. The lowest BCUT2D eigenvalue weighted by Crippen LogP contribution is -2.27. The van der Waals surface area contributed by atoms with E-state index in [2.05, 4.69) is 5.10 Å². The molecule has 1 aromatic heterocycles. The molecule has 1 N–H and O–H groups in total. The van der Waals surface area contributed by atoms with Crippen LogP contribution in [-0.4, -0.2) is 28.0 Å². The molecule has 0 aliphatic heterocycles. The van der Waals surface area contributed by atoms with Crippen LogP contribution in [0.2, 0.25) is 0 Å². The van der Waals surface area contributed by atoms with E-state index in [1.807, 2.05) is 6.07 Å². The summed E-state index contributed by atoms with van der Waals surface area (Å²) in [5, 5.41) is 13.5. The van der Waals surface area contributed by atoms with Crippen LogP contribution in [0, 0.1) is 6.92 Å². The lowest BCUT2D eigenvalue weighted by Gasteiger charge is -2.13.